The first kappa shape index (κ1) is 21.2. The summed E-state index contributed by atoms with van der Waals surface area (Å²) in [4.78, 5) is 2.08. The summed E-state index contributed by atoms with van der Waals surface area (Å²) in [5, 5.41) is 3.22. The van der Waals surface area contributed by atoms with E-state index in [1.54, 1.807) is 0 Å². The quantitative estimate of drug-likeness (QED) is 0.650. The molecule has 1 aromatic rings. The van der Waals surface area contributed by atoms with Crippen LogP contribution in [-0.2, 0) is 0 Å². The smallest absolute Gasteiger partial charge is 0.161 e. The zero-order valence-corrected chi connectivity index (χ0v) is 14.0. The highest BCUT2D eigenvalue weighted by molar-refractivity contribution is 5.85. The zero-order valence-electron chi connectivity index (χ0n) is 12.4. The van der Waals surface area contributed by atoms with Crippen LogP contribution in [0, 0.1) is 17.5 Å². The van der Waals surface area contributed by atoms with Gasteiger partial charge in [-0.25, -0.2) is 13.2 Å². The molecule has 0 bridgehead atoms. The van der Waals surface area contributed by atoms with Crippen LogP contribution < -0.4 is 5.32 Å². The van der Waals surface area contributed by atoms with Gasteiger partial charge < -0.3 is 5.32 Å². The van der Waals surface area contributed by atoms with Crippen molar-refractivity contribution in [3.05, 3.63) is 47.3 Å². The lowest BCUT2D eigenvalue weighted by Gasteiger charge is -2.35. The zero-order chi connectivity index (χ0) is 14.7. The maximum Gasteiger partial charge on any atom is 0.161 e. The van der Waals surface area contributed by atoms with Gasteiger partial charge in [0.2, 0.25) is 0 Å². The van der Waals surface area contributed by atoms with Crippen LogP contribution in [0.25, 0.3) is 0 Å². The normalized spacial score (nSPS) is 16.4. The Morgan fingerprint density at radius 1 is 1.14 bits per heavy atom. The van der Waals surface area contributed by atoms with Crippen LogP contribution in [0.5, 0.6) is 0 Å². The van der Waals surface area contributed by atoms with Gasteiger partial charge in [-0.2, -0.15) is 0 Å². The number of nitrogens with zero attached hydrogens (tertiary/aromatic N) is 1. The molecule has 0 amide bonds. The first-order chi connectivity index (χ1) is 9.49. The second-order valence-corrected chi connectivity index (χ2v) is 5.25. The molecular weight excluding hydrogens is 336 g/mol. The molecule has 0 saturated carbocycles. The first-order valence-electron chi connectivity index (χ1n) is 6.72. The van der Waals surface area contributed by atoms with Gasteiger partial charge in [-0.3, -0.25) is 4.90 Å². The average Bonchev–Trinajstić information content (AvgIpc) is 2.41. The minimum atomic E-state index is -1.15. The van der Waals surface area contributed by atoms with Gasteiger partial charge in [0.1, 0.15) is 5.82 Å². The highest BCUT2D eigenvalue weighted by Crippen LogP contribution is 2.30. The fraction of sp³-hybridized carbons (Fsp3) is 0.467. The lowest BCUT2D eigenvalue weighted by Crippen LogP contribution is -2.45. The molecule has 1 aliphatic heterocycles. The largest absolute Gasteiger partial charge is 0.314 e. The summed E-state index contributed by atoms with van der Waals surface area (Å²) >= 11 is 0. The number of hydrogen-bond acceptors (Lipinski definition) is 2. The number of hydrogen-bond donors (Lipinski definition) is 1. The van der Waals surface area contributed by atoms with Crippen LogP contribution in [0.1, 0.15) is 24.9 Å². The van der Waals surface area contributed by atoms with Gasteiger partial charge >= 0.3 is 0 Å². The van der Waals surface area contributed by atoms with Crippen LogP contribution in [0.3, 0.4) is 0 Å². The molecule has 126 valence electrons. The van der Waals surface area contributed by atoms with Crippen molar-refractivity contribution in [2.75, 3.05) is 26.2 Å². The molecule has 1 N–H and O–H groups in total. The molecule has 0 radical (unpaired) electrons. The Morgan fingerprint density at radius 2 is 1.68 bits per heavy atom. The molecule has 1 atom stereocenters. The number of benzene rings is 1. The van der Waals surface area contributed by atoms with Gasteiger partial charge in [-0.05, 0) is 19.4 Å². The lowest BCUT2D eigenvalue weighted by molar-refractivity contribution is 0.168. The third-order valence-corrected chi connectivity index (χ3v) is 3.53. The van der Waals surface area contributed by atoms with Crippen molar-refractivity contribution in [3.63, 3.8) is 0 Å². The van der Waals surface area contributed by atoms with E-state index in [1.807, 2.05) is 6.92 Å². The Hall–Kier alpha value is -0.750. The van der Waals surface area contributed by atoms with Crippen LogP contribution in [0.2, 0.25) is 0 Å². The van der Waals surface area contributed by atoms with Gasteiger partial charge in [0, 0.05) is 43.9 Å². The van der Waals surface area contributed by atoms with Gasteiger partial charge in [0.25, 0.3) is 0 Å². The van der Waals surface area contributed by atoms with Gasteiger partial charge in [-0.1, -0.05) is 5.57 Å². The van der Waals surface area contributed by atoms with Gasteiger partial charge in [-0.15, -0.1) is 31.4 Å². The van der Waals surface area contributed by atoms with E-state index in [9.17, 15) is 13.2 Å². The number of piperazine rings is 1. The Morgan fingerprint density at radius 3 is 2.23 bits per heavy atom. The second kappa shape index (κ2) is 9.40. The van der Waals surface area contributed by atoms with Crippen molar-refractivity contribution in [2.24, 2.45) is 0 Å². The molecule has 1 heterocycles. The molecule has 1 aromatic carbocycles. The van der Waals surface area contributed by atoms with Crippen LogP contribution >= 0.6 is 24.8 Å². The Balaban J connectivity index is 0.00000220. The molecule has 0 aliphatic carbocycles. The minimum Gasteiger partial charge on any atom is -0.314 e. The molecule has 2 rings (SSSR count). The molecule has 2 nitrogen and oxygen atoms in total. The van der Waals surface area contributed by atoms with E-state index in [0.29, 0.717) is 12.5 Å². The van der Waals surface area contributed by atoms with E-state index < -0.39 is 17.5 Å². The third-order valence-electron chi connectivity index (χ3n) is 3.53. The Bertz CT molecular complexity index is 506. The predicted molar refractivity (Wildman–Crippen MR) is 87.4 cm³/mol. The number of rotatable bonds is 4. The molecule has 0 aromatic heterocycles. The SMILES string of the molecule is C=C(C)C[C@@H](c1cc(F)c(F)cc1F)N1CCNCC1.Cl.Cl. The molecular formula is C15H21Cl2F3N2. The van der Waals surface area contributed by atoms with Crippen LogP contribution in [0.4, 0.5) is 13.2 Å². The summed E-state index contributed by atoms with van der Waals surface area (Å²) in [6.07, 6.45) is 0.530. The predicted octanol–water partition coefficient (Wildman–Crippen LogP) is 3.86. The fourth-order valence-corrected chi connectivity index (χ4v) is 2.55. The lowest BCUT2D eigenvalue weighted by atomic mass is 9.97. The van der Waals surface area contributed by atoms with E-state index >= 15 is 0 Å². The minimum absolute atomic E-state index is 0. The summed E-state index contributed by atoms with van der Waals surface area (Å²) in [6, 6.07) is 1.29. The van der Waals surface area contributed by atoms with Crippen molar-refractivity contribution in [1.29, 1.82) is 0 Å². The van der Waals surface area contributed by atoms with E-state index in [0.717, 1.165) is 37.8 Å². The number of nitrogens with one attached hydrogen (secondary N) is 1. The topological polar surface area (TPSA) is 15.3 Å². The summed E-state index contributed by atoms with van der Waals surface area (Å²) in [5.74, 6) is -2.86. The van der Waals surface area contributed by atoms with E-state index in [4.69, 9.17) is 0 Å². The summed E-state index contributed by atoms with van der Waals surface area (Å²) in [7, 11) is 0. The van der Waals surface area contributed by atoms with Crippen LogP contribution in [-0.4, -0.2) is 31.1 Å². The second-order valence-electron chi connectivity index (χ2n) is 5.25. The summed E-state index contributed by atoms with van der Waals surface area (Å²) < 4.78 is 40.5. The first-order valence-corrected chi connectivity index (χ1v) is 6.72. The summed E-state index contributed by atoms with van der Waals surface area (Å²) in [5.41, 5.74) is 1.09. The van der Waals surface area contributed by atoms with Crippen molar-refractivity contribution in [1.82, 2.24) is 10.2 Å². The standard InChI is InChI=1S/C15H19F3N2.2ClH/c1-10(2)7-15(20-5-3-19-4-6-20)11-8-13(17)14(18)9-12(11)16;;/h8-9,15,19H,1,3-7H2,2H3;2*1H/t15-;;/m0../s1. The van der Waals surface area contributed by atoms with E-state index in [1.165, 1.54) is 0 Å². The Labute approximate surface area is 141 Å². The molecule has 1 fully saturated rings. The van der Waals surface area contributed by atoms with Crippen molar-refractivity contribution in [2.45, 2.75) is 19.4 Å². The molecule has 0 unspecified atom stereocenters. The fourth-order valence-electron chi connectivity index (χ4n) is 2.55. The van der Waals surface area contributed by atoms with Crippen LogP contribution in [0.15, 0.2) is 24.3 Å². The third kappa shape index (κ3) is 5.16. The summed E-state index contributed by atoms with van der Waals surface area (Å²) in [6.45, 7) is 8.81. The highest BCUT2D eigenvalue weighted by Gasteiger charge is 2.26. The molecule has 0 spiro atoms. The monoisotopic (exact) mass is 356 g/mol. The molecule has 7 heteroatoms. The van der Waals surface area contributed by atoms with Crippen molar-refractivity contribution >= 4 is 24.8 Å². The van der Waals surface area contributed by atoms with Crippen molar-refractivity contribution in [3.8, 4) is 0 Å². The molecule has 1 saturated heterocycles. The maximum absolute atomic E-state index is 14.0. The van der Waals surface area contributed by atoms with Gasteiger partial charge in [0.05, 0.1) is 0 Å². The Kier molecular flexibility index (Phi) is 9.08. The van der Waals surface area contributed by atoms with Crippen molar-refractivity contribution < 1.29 is 13.2 Å². The molecule has 22 heavy (non-hydrogen) atoms. The highest BCUT2D eigenvalue weighted by atomic mass is 35.5. The average molecular weight is 357 g/mol. The van der Waals surface area contributed by atoms with Gasteiger partial charge in [0.15, 0.2) is 11.6 Å². The maximum atomic E-state index is 14.0. The van der Waals surface area contributed by atoms with E-state index in [-0.39, 0.29) is 36.4 Å². The molecule has 1 aliphatic rings. The van der Waals surface area contributed by atoms with E-state index in [2.05, 4.69) is 16.8 Å². The number of halogens is 5.